The van der Waals surface area contributed by atoms with Crippen LogP contribution in [-0.4, -0.2) is 56.0 Å². The highest BCUT2D eigenvalue weighted by Gasteiger charge is 2.46. The highest BCUT2D eigenvalue weighted by molar-refractivity contribution is 6.12. The van der Waals surface area contributed by atoms with Gasteiger partial charge in [0, 0.05) is 19.7 Å². The summed E-state index contributed by atoms with van der Waals surface area (Å²) in [6.45, 7) is 1.71. The molecule has 5 rings (SSSR count). The molecule has 1 aliphatic rings. The first-order valence-corrected chi connectivity index (χ1v) is 16.2. The van der Waals surface area contributed by atoms with Crippen LogP contribution in [0.5, 0.6) is 0 Å². The lowest BCUT2D eigenvalue weighted by Crippen LogP contribution is -2.45. The largest absolute Gasteiger partial charge is 0.465 e. The Bertz CT molecular complexity index is 1900. The molecule has 50 heavy (non-hydrogen) atoms. The fraction of sp³-hybridized carbons (Fsp3) is 0.282. The first kappa shape index (κ1) is 35.8. The number of amides is 2. The fourth-order valence-corrected chi connectivity index (χ4v) is 6.22. The van der Waals surface area contributed by atoms with E-state index < -0.39 is 40.9 Å². The van der Waals surface area contributed by atoms with Gasteiger partial charge in [-0.25, -0.2) is 0 Å². The minimum absolute atomic E-state index is 0.116. The van der Waals surface area contributed by atoms with E-state index in [1.54, 1.807) is 45.3 Å². The number of carbonyl (C=O) groups is 4. The Morgan fingerprint density at radius 1 is 0.860 bits per heavy atom. The summed E-state index contributed by atoms with van der Waals surface area (Å²) in [4.78, 5) is 54.6. The molecule has 0 radical (unpaired) electrons. The lowest BCUT2D eigenvalue weighted by atomic mass is 9.70. The molecule has 4 aromatic rings. The molecule has 11 heteroatoms. The van der Waals surface area contributed by atoms with Crippen molar-refractivity contribution in [2.75, 3.05) is 32.6 Å². The summed E-state index contributed by atoms with van der Waals surface area (Å²) in [5, 5.41) is 2.76. The van der Waals surface area contributed by atoms with E-state index in [9.17, 15) is 32.3 Å². The highest BCUT2D eigenvalue weighted by atomic mass is 19.4. The van der Waals surface area contributed by atoms with E-state index in [0.29, 0.717) is 23.1 Å². The van der Waals surface area contributed by atoms with Crippen molar-refractivity contribution < 1.29 is 41.8 Å². The summed E-state index contributed by atoms with van der Waals surface area (Å²) in [5.74, 6) is -2.08. The molecule has 0 fully saturated rings. The van der Waals surface area contributed by atoms with E-state index >= 15 is 0 Å². The average Bonchev–Trinajstić information content (AvgIpc) is 3.10. The zero-order valence-electron chi connectivity index (χ0n) is 27.9. The molecule has 0 heterocycles. The van der Waals surface area contributed by atoms with Crippen LogP contribution in [0.1, 0.15) is 62.7 Å². The van der Waals surface area contributed by atoms with Crippen LogP contribution in [0.15, 0.2) is 91.0 Å². The van der Waals surface area contributed by atoms with Gasteiger partial charge >= 0.3 is 18.1 Å². The van der Waals surface area contributed by atoms with Crippen LogP contribution in [0, 0.1) is 0 Å². The van der Waals surface area contributed by atoms with Gasteiger partial charge in [-0.05, 0) is 84.3 Å². The van der Waals surface area contributed by atoms with Gasteiger partial charge in [-0.2, -0.15) is 13.2 Å². The highest BCUT2D eigenvalue weighted by Crippen LogP contribution is 2.39. The predicted octanol–water partition coefficient (Wildman–Crippen LogP) is 7.25. The molecule has 8 nitrogen and oxygen atoms in total. The van der Waals surface area contributed by atoms with Crippen LogP contribution in [0.3, 0.4) is 0 Å². The molecule has 0 spiro atoms. The minimum atomic E-state index is -4.50. The van der Waals surface area contributed by atoms with Crippen molar-refractivity contribution in [3.8, 4) is 11.1 Å². The van der Waals surface area contributed by atoms with Crippen molar-refractivity contribution in [3.05, 3.63) is 124 Å². The maximum Gasteiger partial charge on any atom is 0.416 e. The molecule has 4 aromatic carbocycles. The molecule has 0 saturated carbocycles. The third kappa shape index (κ3) is 7.72. The van der Waals surface area contributed by atoms with Gasteiger partial charge in [-0.3, -0.25) is 19.2 Å². The Balaban J connectivity index is 1.36. The van der Waals surface area contributed by atoms with Gasteiger partial charge in [0.1, 0.15) is 12.0 Å². The van der Waals surface area contributed by atoms with E-state index in [2.05, 4.69) is 5.32 Å². The monoisotopic (exact) mass is 686 g/mol. The number of hydrogen-bond acceptors (Lipinski definition) is 6. The second-order valence-electron chi connectivity index (χ2n) is 12.3. The molecule has 0 aliphatic heterocycles. The molecule has 0 aromatic heterocycles. The Hall–Kier alpha value is -5.45. The van der Waals surface area contributed by atoms with Crippen molar-refractivity contribution in [1.82, 2.24) is 4.90 Å². The number of halogens is 3. The third-order valence-corrected chi connectivity index (χ3v) is 8.74. The van der Waals surface area contributed by atoms with Crippen LogP contribution in [0.4, 0.5) is 18.9 Å². The zero-order chi connectivity index (χ0) is 36.1. The van der Waals surface area contributed by atoms with Crippen LogP contribution in [0.2, 0.25) is 0 Å². The smallest absolute Gasteiger partial charge is 0.416 e. The summed E-state index contributed by atoms with van der Waals surface area (Å²) in [7, 11) is 3.09. The average molecular weight is 687 g/mol. The molecule has 0 saturated heterocycles. The van der Waals surface area contributed by atoms with Crippen LogP contribution < -0.4 is 5.32 Å². The standard InChI is InChI=1S/C39H37F3N2O6/c1-4-49-37(48)38(21-9-11-27-10-5-8-14-32(27)38)24-50-34(45)23-25-15-20-33(31(22-25)36(47)44(2)3)43-35(46)30-13-7-6-12-29(30)26-16-18-28(19-17-26)39(40,41)42/h5-8,10,12-20,22H,4,9,11,21,23-24H2,1-3H3,(H,43,46). The number of hydrogen-bond donors (Lipinski definition) is 1. The summed E-state index contributed by atoms with van der Waals surface area (Å²) in [6.07, 6.45) is -2.71. The number of carbonyl (C=O) groups excluding carboxylic acids is 4. The predicted molar refractivity (Wildman–Crippen MR) is 182 cm³/mol. The van der Waals surface area contributed by atoms with E-state index in [-0.39, 0.29) is 36.4 Å². The molecular weight excluding hydrogens is 649 g/mol. The van der Waals surface area contributed by atoms with Crippen LogP contribution >= 0.6 is 0 Å². The minimum Gasteiger partial charge on any atom is -0.465 e. The van der Waals surface area contributed by atoms with Gasteiger partial charge in [0.2, 0.25) is 0 Å². The fourth-order valence-electron chi connectivity index (χ4n) is 6.22. The summed E-state index contributed by atoms with van der Waals surface area (Å²) >= 11 is 0. The molecule has 2 amide bonds. The molecule has 260 valence electrons. The summed E-state index contributed by atoms with van der Waals surface area (Å²) < 4.78 is 50.5. The Morgan fingerprint density at radius 3 is 2.26 bits per heavy atom. The number of nitrogens with zero attached hydrogens (tertiary/aromatic N) is 1. The topological polar surface area (TPSA) is 102 Å². The van der Waals surface area contributed by atoms with Crippen LogP contribution in [0.25, 0.3) is 11.1 Å². The number of esters is 2. The molecular formula is C39H37F3N2O6. The van der Waals surface area contributed by atoms with Crippen molar-refractivity contribution in [1.29, 1.82) is 0 Å². The zero-order valence-corrected chi connectivity index (χ0v) is 27.9. The molecule has 0 bridgehead atoms. The third-order valence-electron chi connectivity index (χ3n) is 8.74. The Labute approximate surface area is 288 Å². The number of anilines is 1. The summed E-state index contributed by atoms with van der Waals surface area (Å²) in [5.41, 5.74) is 1.58. The number of aryl methyl sites for hydroxylation is 1. The van der Waals surface area contributed by atoms with Crippen molar-refractivity contribution in [2.45, 2.75) is 44.2 Å². The van der Waals surface area contributed by atoms with E-state index in [4.69, 9.17) is 9.47 Å². The molecule has 1 N–H and O–H groups in total. The lowest BCUT2D eigenvalue weighted by Gasteiger charge is -2.36. The second-order valence-corrected chi connectivity index (χ2v) is 12.3. The normalized spacial score (nSPS) is 15.4. The number of rotatable bonds is 10. The maximum atomic E-state index is 13.6. The van der Waals surface area contributed by atoms with Crippen LogP contribution in [-0.2, 0) is 43.5 Å². The van der Waals surface area contributed by atoms with Crippen molar-refractivity contribution in [2.24, 2.45) is 0 Å². The van der Waals surface area contributed by atoms with Gasteiger partial charge in [-0.1, -0.05) is 60.7 Å². The van der Waals surface area contributed by atoms with Crippen molar-refractivity contribution >= 4 is 29.4 Å². The Kier molecular flexibility index (Phi) is 10.7. The quantitative estimate of drug-likeness (QED) is 0.177. The number of ether oxygens (including phenoxy) is 2. The Morgan fingerprint density at radius 2 is 1.56 bits per heavy atom. The number of fused-ring (bicyclic) bond motifs is 1. The van der Waals surface area contributed by atoms with Gasteiger partial charge in [0.05, 0.1) is 29.8 Å². The molecule has 1 unspecified atom stereocenters. The van der Waals surface area contributed by atoms with Gasteiger partial charge in [0.25, 0.3) is 11.8 Å². The van der Waals surface area contributed by atoms with Gasteiger partial charge in [0.15, 0.2) is 0 Å². The summed E-state index contributed by atoms with van der Waals surface area (Å²) in [6, 6.07) is 23.1. The number of alkyl halides is 3. The SMILES string of the molecule is CCOC(=O)C1(COC(=O)Cc2ccc(NC(=O)c3ccccc3-c3ccc(C(F)(F)F)cc3)c(C(=O)N(C)C)c2)CCCc2ccccc21. The van der Waals surface area contributed by atoms with Gasteiger partial charge < -0.3 is 19.7 Å². The molecule has 1 atom stereocenters. The van der Waals surface area contributed by atoms with Crippen molar-refractivity contribution in [3.63, 3.8) is 0 Å². The van der Waals surface area contributed by atoms with E-state index in [1.165, 1.54) is 35.2 Å². The first-order valence-electron chi connectivity index (χ1n) is 16.2. The van der Waals surface area contributed by atoms with Gasteiger partial charge in [-0.15, -0.1) is 0 Å². The van der Waals surface area contributed by atoms with E-state index in [1.807, 2.05) is 24.3 Å². The maximum absolute atomic E-state index is 13.6. The lowest BCUT2D eigenvalue weighted by molar-refractivity contribution is -0.158. The first-order chi connectivity index (χ1) is 23.8. The number of nitrogens with one attached hydrogen (secondary N) is 1. The van der Waals surface area contributed by atoms with E-state index in [0.717, 1.165) is 36.1 Å². The number of benzene rings is 4. The second kappa shape index (κ2) is 15.0. The molecule has 1 aliphatic carbocycles.